The van der Waals surface area contributed by atoms with Crippen LogP contribution in [0.1, 0.15) is 21.7 Å². The van der Waals surface area contributed by atoms with Gasteiger partial charge in [0.05, 0.1) is 17.9 Å². The van der Waals surface area contributed by atoms with Gasteiger partial charge in [-0.05, 0) is 13.0 Å². The smallest absolute Gasteiger partial charge is 0.339 e. The summed E-state index contributed by atoms with van der Waals surface area (Å²) in [6.45, 7) is 2.16. The van der Waals surface area contributed by atoms with Crippen molar-refractivity contribution >= 4 is 5.97 Å². The lowest BCUT2D eigenvalue weighted by atomic mass is 10.3. The van der Waals surface area contributed by atoms with Crippen LogP contribution >= 0.6 is 0 Å². The molecule has 6 nitrogen and oxygen atoms in total. The molecular formula is C10H12N4O2. The largest absolute Gasteiger partial charge is 0.478 e. The molecule has 0 amide bonds. The van der Waals surface area contributed by atoms with Crippen LogP contribution in [0.3, 0.4) is 0 Å². The fraction of sp³-hybridized carbons (Fsp3) is 0.300. The Morgan fingerprint density at radius 3 is 2.75 bits per heavy atom. The second kappa shape index (κ2) is 3.80. The van der Waals surface area contributed by atoms with Crippen molar-refractivity contribution in [2.45, 2.75) is 13.5 Å². The highest BCUT2D eigenvalue weighted by Crippen LogP contribution is 2.07. The third-order valence-electron chi connectivity index (χ3n) is 2.27. The minimum atomic E-state index is -0.954. The van der Waals surface area contributed by atoms with E-state index in [0.29, 0.717) is 12.2 Å². The molecule has 0 saturated heterocycles. The van der Waals surface area contributed by atoms with E-state index >= 15 is 0 Å². The number of aromatic nitrogens is 4. The van der Waals surface area contributed by atoms with Crippen molar-refractivity contribution in [2.75, 3.05) is 0 Å². The zero-order valence-electron chi connectivity index (χ0n) is 9.08. The van der Waals surface area contributed by atoms with Crippen molar-refractivity contribution < 1.29 is 9.90 Å². The van der Waals surface area contributed by atoms with Crippen molar-refractivity contribution in [3.8, 4) is 0 Å². The minimum absolute atomic E-state index is 0.232. The fourth-order valence-corrected chi connectivity index (χ4v) is 1.52. The van der Waals surface area contributed by atoms with Crippen molar-refractivity contribution in [2.24, 2.45) is 7.05 Å². The molecule has 0 bridgehead atoms. The van der Waals surface area contributed by atoms with Gasteiger partial charge in [-0.1, -0.05) is 0 Å². The number of carbonyl (C=O) groups is 1. The lowest BCUT2D eigenvalue weighted by molar-refractivity contribution is 0.0696. The van der Waals surface area contributed by atoms with E-state index in [2.05, 4.69) is 10.2 Å². The van der Waals surface area contributed by atoms with Crippen molar-refractivity contribution in [3.05, 3.63) is 35.4 Å². The van der Waals surface area contributed by atoms with Gasteiger partial charge in [0, 0.05) is 19.4 Å². The number of nitrogens with zero attached hydrogens (tertiary/aromatic N) is 4. The van der Waals surface area contributed by atoms with Crippen LogP contribution in [-0.4, -0.2) is 30.6 Å². The Hall–Kier alpha value is -2.11. The first-order valence-electron chi connectivity index (χ1n) is 4.82. The number of hydrogen-bond donors (Lipinski definition) is 1. The van der Waals surface area contributed by atoms with Gasteiger partial charge < -0.3 is 5.11 Å². The summed E-state index contributed by atoms with van der Waals surface area (Å²) in [6, 6.07) is 1.87. The van der Waals surface area contributed by atoms with Gasteiger partial charge in [-0.15, -0.1) is 0 Å². The summed E-state index contributed by atoms with van der Waals surface area (Å²) in [7, 11) is 1.83. The number of carboxylic acid groups (broad SMARTS) is 1. The average Bonchev–Trinajstić information content (AvgIpc) is 2.73. The molecule has 0 saturated carbocycles. The van der Waals surface area contributed by atoms with E-state index < -0.39 is 5.97 Å². The Bertz CT molecular complexity index is 527. The molecule has 0 spiro atoms. The molecule has 2 aromatic heterocycles. The quantitative estimate of drug-likeness (QED) is 0.825. The van der Waals surface area contributed by atoms with E-state index in [0.717, 1.165) is 5.69 Å². The number of aryl methyl sites for hydroxylation is 2. The number of carboxylic acids is 1. The van der Waals surface area contributed by atoms with Crippen LogP contribution in [-0.2, 0) is 13.6 Å². The molecule has 1 N–H and O–H groups in total. The Kier molecular flexibility index (Phi) is 2.47. The highest BCUT2D eigenvalue weighted by molar-refractivity contribution is 5.88. The molecule has 0 radical (unpaired) electrons. The third-order valence-corrected chi connectivity index (χ3v) is 2.27. The summed E-state index contributed by atoms with van der Waals surface area (Å²) in [6.07, 6.45) is 3.36. The van der Waals surface area contributed by atoms with Crippen LogP contribution in [0, 0.1) is 6.92 Å². The molecular weight excluding hydrogens is 208 g/mol. The van der Waals surface area contributed by atoms with E-state index in [4.69, 9.17) is 5.11 Å². The highest BCUT2D eigenvalue weighted by atomic mass is 16.4. The summed E-state index contributed by atoms with van der Waals surface area (Å²) < 4.78 is 3.28. The Labute approximate surface area is 92.1 Å². The van der Waals surface area contributed by atoms with Crippen molar-refractivity contribution in [1.82, 2.24) is 19.6 Å². The molecule has 2 aromatic rings. The van der Waals surface area contributed by atoms with Crippen LogP contribution in [0.15, 0.2) is 18.5 Å². The van der Waals surface area contributed by atoms with E-state index in [1.54, 1.807) is 16.3 Å². The molecule has 0 aromatic carbocycles. The first kappa shape index (κ1) is 10.4. The van der Waals surface area contributed by atoms with Gasteiger partial charge in [-0.2, -0.15) is 10.2 Å². The molecule has 84 valence electrons. The minimum Gasteiger partial charge on any atom is -0.478 e. The summed E-state index contributed by atoms with van der Waals surface area (Å²) in [5, 5.41) is 17.2. The fourth-order valence-electron chi connectivity index (χ4n) is 1.52. The maximum absolute atomic E-state index is 10.8. The van der Waals surface area contributed by atoms with Gasteiger partial charge in [-0.25, -0.2) is 4.79 Å². The predicted molar refractivity (Wildman–Crippen MR) is 56.2 cm³/mol. The first-order chi connectivity index (χ1) is 7.56. The Balaban J connectivity index is 2.22. The molecule has 0 unspecified atom stereocenters. The lowest BCUT2D eigenvalue weighted by Crippen LogP contribution is -2.02. The second-order valence-electron chi connectivity index (χ2n) is 3.61. The number of hydrogen-bond acceptors (Lipinski definition) is 3. The van der Waals surface area contributed by atoms with Gasteiger partial charge >= 0.3 is 5.97 Å². The molecule has 0 aliphatic carbocycles. The summed E-state index contributed by atoms with van der Waals surface area (Å²) in [5.74, 6) is -0.954. The highest BCUT2D eigenvalue weighted by Gasteiger charge is 2.12. The molecule has 2 heterocycles. The standard InChI is InChI=1S/C10H12N4O2/c1-7-9(10(15)16)6-14(11-7)5-8-3-4-13(2)12-8/h3-4,6H,5H2,1-2H3,(H,15,16). The van der Waals surface area contributed by atoms with Gasteiger partial charge in [0.25, 0.3) is 0 Å². The SMILES string of the molecule is Cc1nn(Cc2ccn(C)n2)cc1C(=O)O. The van der Waals surface area contributed by atoms with Crippen LogP contribution in [0.4, 0.5) is 0 Å². The third kappa shape index (κ3) is 1.95. The van der Waals surface area contributed by atoms with Crippen LogP contribution in [0.25, 0.3) is 0 Å². The Morgan fingerprint density at radius 2 is 2.25 bits per heavy atom. The van der Waals surface area contributed by atoms with E-state index in [9.17, 15) is 4.79 Å². The lowest BCUT2D eigenvalue weighted by Gasteiger charge is -1.96. The van der Waals surface area contributed by atoms with Crippen molar-refractivity contribution in [3.63, 3.8) is 0 Å². The zero-order chi connectivity index (χ0) is 11.7. The van der Waals surface area contributed by atoms with Gasteiger partial charge in [-0.3, -0.25) is 9.36 Å². The monoisotopic (exact) mass is 220 g/mol. The van der Waals surface area contributed by atoms with Crippen molar-refractivity contribution in [1.29, 1.82) is 0 Å². The van der Waals surface area contributed by atoms with Gasteiger partial charge in [0.1, 0.15) is 5.56 Å². The number of aromatic carboxylic acids is 1. The average molecular weight is 220 g/mol. The van der Waals surface area contributed by atoms with Crippen LogP contribution < -0.4 is 0 Å². The summed E-state index contributed by atoms with van der Waals surface area (Å²) >= 11 is 0. The zero-order valence-corrected chi connectivity index (χ0v) is 9.08. The van der Waals surface area contributed by atoms with Crippen LogP contribution in [0.5, 0.6) is 0 Å². The first-order valence-corrected chi connectivity index (χ1v) is 4.82. The molecule has 0 aliphatic rings. The molecule has 6 heteroatoms. The van der Waals surface area contributed by atoms with E-state index in [1.807, 2.05) is 19.3 Å². The van der Waals surface area contributed by atoms with E-state index in [-0.39, 0.29) is 5.56 Å². The van der Waals surface area contributed by atoms with Crippen LogP contribution in [0.2, 0.25) is 0 Å². The number of rotatable bonds is 3. The molecule has 0 aliphatic heterocycles. The second-order valence-corrected chi connectivity index (χ2v) is 3.61. The summed E-state index contributed by atoms with van der Waals surface area (Å²) in [5.41, 5.74) is 1.60. The summed E-state index contributed by atoms with van der Waals surface area (Å²) in [4.78, 5) is 10.8. The predicted octanol–water partition coefficient (Wildman–Crippen LogP) is 0.672. The topological polar surface area (TPSA) is 72.9 Å². The Morgan fingerprint density at radius 1 is 1.50 bits per heavy atom. The molecule has 0 fully saturated rings. The van der Waals surface area contributed by atoms with E-state index in [1.165, 1.54) is 6.20 Å². The molecule has 0 atom stereocenters. The van der Waals surface area contributed by atoms with Gasteiger partial charge in [0.15, 0.2) is 0 Å². The maximum atomic E-state index is 10.8. The molecule has 2 rings (SSSR count). The molecule has 16 heavy (non-hydrogen) atoms. The normalized spacial score (nSPS) is 10.6. The van der Waals surface area contributed by atoms with Gasteiger partial charge in [0.2, 0.25) is 0 Å². The maximum Gasteiger partial charge on any atom is 0.339 e.